The Morgan fingerprint density at radius 2 is 2.08 bits per heavy atom. The van der Waals surface area contributed by atoms with Gasteiger partial charge in [0.1, 0.15) is 0 Å². The number of rotatable bonds is 4. The molecule has 0 heterocycles. The Labute approximate surface area is 79.8 Å². The van der Waals surface area contributed by atoms with Crippen molar-refractivity contribution in [1.29, 1.82) is 0 Å². The number of benzene rings is 1. The smallest absolute Gasteiger partial charge is 0.0213 e. The zero-order valence-electron chi connectivity index (χ0n) is 7.96. The van der Waals surface area contributed by atoms with E-state index in [9.17, 15) is 0 Å². The van der Waals surface area contributed by atoms with Crippen LogP contribution < -0.4 is 5.32 Å². The van der Waals surface area contributed by atoms with Gasteiger partial charge in [0, 0.05) is 13.1 Å². The first-order valence-corrected chi connectivity index (χ1v) is 4.53. The van der Waals surface area contributed by atoms with Crippen LogP contribution in [0, 0.1) is 0 Å². The molecule has 0 bridgehead atoms. The molecule has 0 atom stereocenters. The van der Waals surface area contributed by atoms with Crippen LogP contribution in [-0.2, 0) is 6.54 Å². The van der Waals surface area contributed by atoms with E-state index >= 15 is 0 Å². The molecule has 1 rings (SSSR count). The lowest BCUT2D eigenvalue weighted by Gasteiger charge is -1.99. The molecule has 0 aliphatic heterocycles. The van der Waals surface area contributed by atoms with Crippen LogP contribution in [0.4, 0.5) is 0 Å². The van der Waals surface area contributed by atoms with Crippen molar-refractivity contribution in [1.82, 2.24) is 5.32 Å². The molecule has 0 aromatic heterocycles. The minimum Gasteiger partial charge on any atom is -0.309 e. The van der Waals surface area contributed by atoms with E-state index in [1.807, 2.05) is 25.1 Å². The lowest BCUT2D eigenvalue weighted by molar-refractivity contribution is 0.760. The molecule has 0 unspecified atom stereocenters. The summed E-state index contributed by atoms with van der Waals surface area (Å²) in [6, 6.07) is 10.4. The Hall–Kier alpha value is -1.30. The fourth-order valence-corrected chi connectivity index (χ4v) is 1.06. The number of nitrogens with one attached hydrogen (secondary N) is 1. The van der Waals surface area contributed by atoms with Gasteiger partial charge in [-0.05, 0) is 24.6 Å². The standard InChI is InChI=1S/C12H15N/c1-2-3-7-10-13-11-12-8-5-4-6-9-12/h2,4-9,13H,10-11H2,1H3. The highest BCUT2D eigenvalue weighted by atomic mass is 14.8. The van der Waals surface area contributed by atoms with Crippen molar-refractivity contribution < 1.29 is 0 Å². The van der Waals surface area contributed by atoms with E-state index in [1.54, 1.807) is 0 Å². The second-order valence-electron chi connectivity index (χ2n) is 2.78. The van der Waals surface area contributed by atoms with Crippen LogP contribution in [0.1, 0.15) is 12.5 Å². The van der Waals surface area contributed by atoms with Crippen LogP contribution in [0.15, 0.2) is 48.2 Å². The highest BCUT2D eigenvalue weighted by Crippen LogP contribution is 1.96. The van der Waals surface area contributed by atoms with E-state index in [-0.39, 0.29) is 0 Å². The summed E-state index contributed by atoms with van der Waals surface area (Å²) in [6.45, 7) is 3.76. The third-order valence-electron chi connectivity index (χ3n) is 1.70. The van der Waals surface area contributed by atoms with Crippen LogP contribution >= 0.6 is 0 Å². The molecule has 68 valence electrons. The molecule has 0 fully saturated rings. The van der Waals surface area contributed by atoms with E-state index in [4.69, 9.17) is 0 Å². The molecule has 13 heavy (non-hydrogen) atoms. The van der Waals surface area contributed by atoms with Crippen molar-refractivity contribution in [2.45, 2.75) is 13.5 Å². The molecule has 0 aliphatic rings. The number of hydrogen-bond acceptors (Lipinski definition) is 1. The molecule has 0 saturated heterocycles. The summed E-state index contributed by atoms with van der Waals surface area (Å²) in [5, 5.41) is 3.30. The SMILES string of the molecule is CC=C=CCNCc1ccccc1. The fraction of sp³-hybridized carbons (Fsp3) is 0.250. The van der Waals surface area contributed by atoms with Crippen LogP contribution in [-0.4, -0.2) is 6.54 Å². The highest BCUT2D eigenvalue weighted by molar-refractivity contribution is 5.14. The molecule has 1 N–H and O–H groups in total. The summed E-state index contributed by atoms with van der Waals surface area (Å²) in [4.78, 5) is 0. The van der Waals surface area contributed by atoms with Gasteiger partial charge in [0.05, 0.1) is 0 Å². The minimum absolute atomic E-state index is 0.874. The van der Waals surface area contributed by atoms with Gasteiger partial charge in [-0.1, -0.05) is 30.3 Å². The largest absolute Gasteiger partial charge is 0.309 e. The van der Waals surface area contributed by atoms with E-state index in [0.717, 1.165) is 13.1 Å². The molecular weight excluding hydrogens is 158 g/mol. The zero-order chi connectivity index (χ0) is 9.36. The van der Waals surface area contributed by atoms with Crippen LogP contribution in [0.2, 0.25) is 0 Å². The van der Waals surface area contributed by atoms with Crippen LogP contribution in [0.25, 0.3) is 0 Å². The van der Waals surface area contributed by atoms with Crippen molar-refractivity contribution >= 4 is 0 Å². The van der Waals surface area contributed by atoms with Gasteiger partial charge in [0.15, 0.2) is 0 Å². The first kappa shape index (κ1) is 9.79. The summed E-state index contributed by atoms with van der Waals surface area (Å²) in [5.41, 5.74) is 4.34. The average molecular weight is 173 g/mol. The molecule has 0 saturated carbocycles. The number of hydrogen-bond donors (Lipinski definition) is 1. The quantitative estimate of drug-likeness (QED) is 0.545. The summed E-state index contributed by atoms with van der Waals surface area (Å²) in [6.07, 6.45) is 3.90. The van der Waals surface area contributed by atoms with Gasteiger partial charge in [-0.15, -0.1) is 5.73 Å². The summed E-state index contributed by atoms with van der Waals surface area (Å²) in [7, 11) is 0. The van der Waals surface area contributed by atoms with Gasteiger partial charge in [0.25, 0.3) is 0 Å². The Balaban J connectivity index is 2.24. The lowest BCUT2D eigenvalue weighted by atomic mass is 10.2. The van der Waals surface area contributed by atoms with Gasteiger partial charge in [-0.3, -0.25) is 0 Å². The first-order valence-electron chi connectivity index (χ1n) is 4.53. The first-order chi connectivity index (χ1) is 6.43. The maximum atomic E-state index is 3.30. The molecule has 0 aliphatic carbocycles. The predicted molar refractivity (Wildman–Crippen MR) is 56.5 cm³/mol. The molecule has 1 aromatic carbocycles. The molecule has 1 nitrogen and oxygen atoms in total. The maximum absolute atomic E-state index is 3.30. The Morgan fingerprint density at radius 1 is 1.31 bits per heavy atom. The highest BCUT2D eigenvalue weighted by Gasteiger charge is 1.86. The van der Waals surface area contributed by atoms with E-state index in [2.05, 4.69) is 35.3 Å². The predicted octanol–water partition coefficient (Wildman–Crippen LogP) is 2.51. The average Bonchev–Trinajstić information content (AvgIpc) is 2.19. The van der Waals surface area contributed by atoms with Crippen LogP contribution in [0.5, 0.6) is 0 Å². The Bertz CT molecular complexity index is 281. The van der Waals surface area contributed by atoms with Gasteiger partial charge in [-0.2, -0.15) is 0 Å². The second kappa shape index (κ2) is 6.24. The van der Waals surface area contributed by atoms with Crippen molar-refractivity contribution in [3.8, 4) is 0 Å². The van der Waals surface area contributed by atoms with Crippen molar-refractivity contribution in [2.24, 2.45) is 0 Å². The molecule has 0 radical (unpaired) electrons. The minimum atomic E-state index is 0.874. The molecular formula is C12H15N. The fourth-order valence-electron chi connectivity index (χ4n) is 1.06. The normalized spacial score (nSPS) is 9.00. The van der Waals surface area contributed by atoms with Crippen molar-refractivity contribution in [2.75, 3.05) is 6.54 Å². The third kappa shape index (κ3) is 4.32. The summed E-state index contributed by atoms with van der Waals surface area (Å²) < 4.78 is 0. The monoisotopic (exact) mass is 173 g/mol. The van der Waals surface area contributed by atoms with Crippen molar-refractivity contribution in [3.63, 3.8) is 0 Å². The molecule has 0 spiro atoms. The molecule has 1 aromatic rings. The lowest BCUT2D eigenvalue weighted by Crippen LogP contribution is -2.12. The maximum Gasteiger partial charge on any atom is 0.0213 e. The van der Waals surface area contributed by atoms with Crippen molar-refractivity contribution in [3.05, 3.63) is 53.8 Å². The summed E-state index contributed by atoms with van der Waals surface area (Å²) >= 11 is 0. The van der Waals surface area contributed by atoms with E-state index < -0.39 is 0 Å². The Morgan fingerprint density at radius 3 is 2.77 bits per heavy atom. The van der Waals surface area contributed by atoms with Crippen LogP contribution in [0.3, 0.4) is 0 Å². The van der Waals surface area contributed by atoms with Gasteiger partial charge >= 0.3 is 0 Å². The van der Waals surface area contributed by atoms with E-state index in [1.165, 1.54) is 5.56 Å². The second-order valence-corrected chi connectivity index (χ2v) is 2.78. The Kier molecular flexibility index (Phi) is 4.70. The third-order valence-corrected chi connectivity index (χ3v) is 1.70. The van der Waals surface area contributed by atoms with Gasteiger partial charge in [-0.25, -0.2) is 0 Å². The summed E-state index contributed by atoms with van der Waals surface area (Å²) in [5.74, 6) is 0. The van der Waals surface area contributed by atoms with E-state index in [0.29, 0.717) is 0 Å². The van der Waals surface area contributed by atoms with Gasteiger partial charge in [0.2, 0.25) is 0 Å². The molecule has 0 amide bonds. The topological polar surface area (TPSA) is 12.0 Å². The zero-order valence-corrected chi connectivity index (χ0v) is 7.96. The molecule has 1 heteroatoms. The van der Waals surface area contributed by atoms with Gasteiger partial charge < -0.3 is 5.32 Å².